The summed E-state index contributed by atoms with van der Waals surface area (Å²) < 4.78 is 5.65. The third-order valence-corrected chi connectivity index (χ3v) is 3.92. The fraction of sp³-hybridized carbons (Fsp3) is 0.625. The summed E-state index contributed by atoms with van der Waals surface area (Å²) >= 11 is 0. The van der Waals surface area contributed by atoms with Gasteiger partial charge >= 0.3 is 0 Å². The third-order valence-electron chi connectivity index (χ3n) is 3.92. The zero-order chi connectivity index (χ0) is 13.0. The fourth-order valence-corrected chi connectivity index (χ4v) is 2.73. The Morgan fingerprint density at radius 2 is 2.00 bits per heavy atom. The molecule has 1 aromatic carbocycles. The van der Waals surface area contributed by atoms with Gasteiger partial charge in [-0.3, -0.25) is 0 Å². The van der Waals surface area contributed by atoms with Gasteiger partial charge in [-0.15, -0.1) is 0 Å². The van der Waals surface area contributed by atoms with E-state index in [1.54, 1.807) is 0 Å². The summed E-state index contributed by atoms with van der Waals surface area (Å²) in [4.78, 5) is 0. The van der Waals surface area contributed by atoms with Crippen molar-refractivity contribution in [2.24, 2.45) is 0 Å². The van der Waals surface area contributed by atoms with Gasteiger partial charge in [0.05, 0.1) is 18.3 Å². The molecule has 2 nitrogen and oxygen atoms in total. The molecule has 1 heterocycles. The molecule has 0 radical (unpaired) electrons. The van der Waals surface area contributed by atoms with E-state index in [0.717, 1.165) is 31.2 Å². The monoisotopic (exact) mass is 248 g/mol. The molecule has 1 N–H and O–H groups in total. The molecule has 0 aliphatic carbocycles. The fourth-order valence-electron chi connectivity index (χ4n) is 2.73. The highest BCUT2D eigenvalue weighted by molar-refractivity contribution is 5.28. The van der Waals surface area contributed by atoms with Crippen LogP contribution in [0, 0.1) is 0 Å². The summed E-state index contributed by atoms with van der Waals surface area (Å²) in [6.45, 7) is 4.96. The topological polar surface area (TPSA) is 29.5 Å². The highest BCUT2D eigenvalue weighted by Crippen LogP contribution is 2.35. The minimum atomic E-state index is -0.691. The predicted octanol–water partition coefficient (Wildman–Crippen LogP) is 3.42. The van der Waals surface area contributed by atoms with E-state index in [-0.39, 0.29) is 6.10 Å². The largest absolute Gasteiger partial charge is 0.385 e. The van der Waals surface area contributed by atoms with Gasteiger partial charge in [0, 0.05) is 12.8 Å². The van der Waals surface area contributed by atoms with Crippen molar-refractivity contribution in [2.75, 3.05) is 6.61 Å². The Hall–Kier alpha value is -0.860. The summed E-state index contributed by atoms with van der Waals surface area (Å²) in [7, 11) is 0. The van der Waals surface area contributed by atoms with E-state index in [1.807, 2.05) is 0 Å². The summed E-state index contributed by atoms with van der Waals surface area (Å²) in [5.74, 6) is 0. The maximum absolute atomic E-state index is 10.8. The van der Waals surface area contributed by atoms with Crippen molar-refractivity contribution in [1.29, 1.82) is 0 Å². The van der Waals surface area contributed by atoms with E-state index in [1.165, 1.54) is 5.56 Å². The van der Waals surface area contributed by atoms with E-state index < -0.39 is 5.60 Å². The van der Waals surface area contributed by atoms with E-state index in [4.69, 9.17) is 4.74 Å². The number of aryl methyl sites for hydroxylation is 1. The van der Waals surface area contributed by atoms with Crippen LogP contribution in [0.1, 0.15) is 50.7 Å². The van der Waals surface area contributed by atoms with Gasteiger partial charge in [0.15, 0.2) is 0 Å². The van der Waals surface area contributed by atoms with Gasteiger partial charge < -0.3 is 9.84 Å². The Kier molecular flexibility index (Phi) is 4.41. The predicted molar refractivity (Wildman–Crippen MR) is 73.6 cm³/mol. The average molecular weight is 248 g/mol. The Morgan fingerprint density at radius 3 is 2.61 bits per heavy atom. The Morgan fingerprint density at radius 1 is 1.28 bits per heavy atom. The number of ether oxygens (including phenoxy) is 1. The van der Waals surface area contributed by atoms with Gasteiger partial charge in [-0.05, 0) is 24.0 Å². The second kappa shape index (κ2) is 5.85. The molecule has 1 fully saturated rings. The standard InChI is InChI=1S/C16H24O2/c1-3-5-13-6-8-14(9-7-13)16(17)10-11-18-15(4-2)12-16/h6-9,15,17H,3-5,10-12H2,1-2H3. The molecular weight excluding hydrogens is 224 g/mol. The minimum absolute atomic E-state index is 0.194. The van der Waals surface area contributed by atoms with Crippen molar-refractivity contribution in [3.63, 3.8) is 0 Å². The third kappa shape index (κ3) is 2.93. The molecule has 2 unspecified atom stereocenters. The minimum Gasteiger partial charge on any atom is -0.385 e. The number of hydrogen-bond acceptors (Lipinski definition) is 2. The van der Waals surface area contributed by atoms with Crippen molar-refractivity contribution < 1.29 is 9.84 Å². The highest BCUT2D eigenvalue weighted by Gasteiger charge is 2.35. The normalized spacial score (nSPS) is 28.3. The zero-order valence-electron chi connectivity index (χ0n) is 11.5. The molecule has 1 aromatic rings. The smallest absolute Gasteiger partial charge is 0.0943 e. The lowest BCUT2D eigenvalue weighted by Gasteiger charge is -2.37. The van der Waals surface area contributed by atoms with Crippen molar-refractivity contribution in [3.05, 3.63) is 35.4 Å². The molecule has 0 saturated carbocycles. The van der Waals surface area contributed by atoms with E-state index in [9.17, 15) is 5.11 Å². The molecular formula is C16H24O2. The van der Waals surface area contributed by atoms with Crippen molar-refractivity contribution in [1.82, 2.24) is 0 Å². The SMILES string of the molecule is CCCc1ccc(C2(O)CCOC(CC)C2)cc1. The maximum Gasteiger partial charge on any atom is 0.0943 e. The lowest BCUT2D eigenvalue weighted by atomic mass is 9.83. The number of hydrogen-bond donors (Lipinski definition) is 1. The molecule has 1 aliphatic rings. The molecule has 18 heavy (non-hydrogen) atoms. The van der Waals surface area contributed by atoms with Crippen LogP contribution in [0.3, 0.4) is 0 Å². The van der Waals surface area contributed by atoms with Crippen LogP contribution in [0.5, 0.6) is 0 Å². The number of aliphatic hydroxyl groups is 1. The van der Waals surface area contributed by atoms with Crippen molar-refractivity contribution in [2.45, 2.75) is 57.7 Å². The summed E-state index contributed by atoms with van der Waals surface area (Å²) in [5, 5.41) is 10.8. The first-order valence-corrected chi connectivity index (χ1v) is 7.11. The van der Waals surface area contributed by atoms with Gasteiger partial charge in [-0.25, -0.2) is 0 Å². The van der Waals surface area contributed by atoms with Crippen LogP contribution >= 0.6 is 0 Å². The van der Waals surface area contributed by atoms with Gasteiger partial charge in [0.1, 0.15) is 0 Å². The van der Waals surface area contributed by atoms with Gasteiger partial charge in [-0.2, -0.15) is 0 Å². The molecule has 2 atom stereocenters. The zero-order valence-corrected chi connectivity index (χ0v) is 11.5. The maximum atomic E-state index is 10.8. The summed E-state index contributed by atoms with van der Waals surface area (Å²) in [6.07, 6.45) is 4.86. The van der Waals surface area contributed by atoms with Gasteiger partial charge in [-0.1, -0.05) is 44.5 Å². The summed E-state index contributed by atoms with van der Waals surface area (Å²) in [6, 6.07) is 8.46. The molecule has 1 aliphatic heterocycles. The average Bonchev–Trinajstić information content (AvgIpc) is 2.40. The van der Waals surface area contributed by atoms with Crippen LogP contribution in [0.15, 0.2) is 24.3 Å². The molecule has 2 rings (SSSR count). The van der Waals surface area contributed by atoms with Crippen LogP contribution < -0.4 is 0 Å². The van der Waals surface area contributed by atoms with Gasteiger partial charge in [0.25, 0.3) is 0 Å². The van der Waals surface area contributed by atoms with Crippen LogP contribution in [0.2, 0.25) is 0 Å². The number of benzene rings is 1. The molecule has 0 amide bonds. The Balaban J connectivity index is 2.13. The molecule has 0 spiro atoms. The highest BCUT2D eigenvalue weighted by atomic mass is 16.5. The lowest BCUT2D eigenvalue weighted by molar-refractivity contribution is -0.108. The quantitative estimate of drug-likeness (QED) is 0.884. The first kappa shape index (κ1) is 13.6. The first-order valence-electron chi connectivity index (χ1n) is 7.11. The Labute approximate surface area is 110 Å². The van der Waals surface area contributed by atoms with Crippen LogP contribution in [-0.4, -0.2) is 17.8 Å². The first-order chi connectivity index (χ1) is 8.68. The van der Waals surface area contributed by atoms with E-state index in [2.05, 4.69) is 38.1 Å². The molecule has 0 aromatic heterocycles. The molecule has 2 heteroatoms. The van der Waals surface area contributed by atoms with Crippen LogP contribution in [0.4, 0.5) is 0 Å². The Bertz CT molecular complexity index is 371. The second-order valence-corrected chi connectivity index (χ2v) is 5.33. The second-order valence-electron chi connectivity index (χ2n) is 5.33. The molecule has 1 saturated heterocycles. The van der Waals surface area contributed by atoms with Crippen molar-refractivity contribution >= 4 is 0 Å². The summed E-state index contributed by atoms with van der Waals surface area (Å²) in [5.41, 5.74) is 1.71. The van der Waals surface area contributed by atoms with Crippen LogP contribution in [-0.2, 0) is 16.8 Å². The van der Waals surface area contributed by atoms with Gasteiger partial charge in [0.2, 0.25) is 0 Å². The van der Waals surface area contributed by atoms with E-state index >= 15 is 0 Å². The van der Waals surface area contributed by atoms with E-state index in [0.29, 0.717) is 13.0 Å². The van der Waals surface area contributed by atoms with Crippen LogP contribution in [0.25, 0.3) is 0 Å². The molecule has 0 bridgehead atoms. The lowest BCUT2D eigenvalue weighted by Crippen LogP contribution is -2.38. The molecule has 100 valence electrons. The van der Waals surface area contributed by atoms with Crippen molar-refractivity contribution in [3.8, 4) is 0 Å². The number of rotatable bonds is 4.